The van der Waals surface area contributed by atoms with Gasteiger partial charge in [-0.05, 0) is 48.4 Å². The smallest absolute Gasteiger partial charge is 0.253 e. The molecule has 2 aromatic rings. The summed E-state index contributed by atoms with van der Waals surface area (Å²) in [6.07, 6.45) is 3.39. The van der Waals surface area contributed by atoms with Crippen LogP contribution < -0.4 is 9.46 Å². The lowest BCUT2D eigenvalue weighted by Gasteiger charge is -2.33. The summed E-state index contributed by atoms with van der Waals surface area (Å²) in [5.74, 6) is 0.658. The number of amides is 1. The maximum absolute atomic E-state index is 12.9. The van der Waals surface area contributed by atoms with Gasteiger partial charge in [0.05, 0.1) is 0 Å². The van der Waals surface area contributed by atoms with Crippen LogP contribution >= 0.6 is 11.3 Å². The van der Waals surface area contributed by atoms with Crippen LogP contribution in [0.15, 0.2) is 58.6 Å². The fourth-order valence-corrected chi connectivity index (χ4v) is 5.34. The quantitative estimate of drug-likeness (QED) is 0.666. The van der Waals surface area contributed by atoms with Gasteiger partial charge in [0, 0.05) is 25.2 Å². The number of piperidine rings is 1. The SMILES string of the molecule is C=CCOc1cccc(C(=O)N2CCC[C@@H](CNS(=O)(=O)c3cccs3)C2)c1. The van der Waals surface area contributed by atoms with Crippen LogP contribution in [0.2, 0.25) is 0 Å². The topological polar surface area (TPSA) is 75.7 Å². The molecule has 0 aliphatic carbocycles. The summed E-state index contributed by atoms with van der Waals surface area (Å²) >= 11 is 1.19. The highest BCUT2D eigenvalue weighted by Gasteiger charge is 2.26. The minimum absolute atomic E-state index is 0.0603. The first-order chi connectivity index (χ1) is 13.5. The molecule has 1 aromatic carbocycles. The van der Waals surface area contributed by atoms with Crippen molar-refractivity contribution in [2.75, 3.05) is 26.2 Å². The Hall–Kier alpha value is -2.16. The first kappa shape index (κ1) is 20.6. The lowest BCUT2D eigenvalue weighted by atomic mass is 9.97. The third-order valence-corrected chi connectivity index (χ3v) is 7.40. The van der Waals surface area contributed by atoms with Gasteiger partial charge >= 0.3 is 0 Å². The summed E-state index contributed by atoms with van der Waals surface area (Å²) in [5.41, 5.74) is 0.571. The minimum atomic E-state index is -3.48. The highest BCUT2D eigenvalue weighted by Crippen LogP contribution is 2.22. The first-order valence-electron chi connectivity index (χ1n) is 9.16. The van der Waals surface area contributed by atoms with Crippen LogP contribution in [0.5, 0.6) is 5.75 Å². The number of ether oxygens (including phenoxy) is 1. The number of rotatable bonds is 8. The van der Waals surface area contributed by atoms with E-state index in [0.29, 0.717) is 41.8 Å². The number of benzene rings is 1. The van der Waals surface area contributed by atoms with Gasteiger partial charge in [-0.3, -0.25) is 4.79 Å². The lowest BCUT2D eigenvalue weighted by molar-refractivity contribution is 0.0676. The number of nitrogens with zero attached hydrogens (tertiary/aromatic N) is 1. The molecule has 28 heavy (non-hydrogen) atoms. The molecule has 0 saturated carbocycles. The number of thiophene rings is 1. The number of sulfonamides is 1. The average molecular weight is 421 g/mol. The van der Waals surface area contributed by atoms with Crippen molar-refractivity contribution in [1.29, 1.82) is 0 Å². The molecule has 1 atom stereocenters. The Balaban J connectivity index is 1.60. The molecule has 0 radical (unpaired) electrons. The predicted molar refractivity (Wildman–Crippen MR) is 110 cm³/mol. The second kappa shape index (κ2) is 9.36. The Morgan fingerprint density at radius 1 is 1.36 bits per heavy atom. The summed E-state index contributed by atoms with van der Waals surface area (Å²) < 4.78 is 33.1. The molecule has 2 heterocycles. The van der Waals surface area contributed by atoms with Gasteiger partial charge in [-0.1, -0.05) is 24.8 Å². The molecular formula is C20H24N2O4S2. The fraction of sp³-hybridized carbons (Fsp3) is 0.350. The van der Waals surface area contributed by atoms with Crippen LogP contribution in [-0.4, -0.2) is 45.5 Å². The van der Waals surface area contributed by atoms with Crippen molar-refractivity contribution in [2.24, 2.45) is 5.92 Å². The Morgan fingerprint density at radius 2 is 2.21 bits per heavy atom. The zero-order chi connectivity index (χ0) is 20.0. The van der Waals surface area contributed by atoms with Crippen LogP contribution in [0.4, 0.5) is 0 Å². The number of carbonyl (C=O) groups is 1. The van der Waals surface area contributed by atoms with Gasteiger partial charge in [0.15, 0.2) is 0 Å². The molecule has 1 aromatic heterocycles. The van der Waals surface area contributed by atoms with E-state index < -0.39 is 10.0 Å². The van der Waals surface area contributed by atoms with Crippen LogP contribution in [0, 0.1) is 5.92 Å². The molecule has 6 nitrogen and oxygen atoms in total. The van der Waals surface area contributed by atoms with Crippen LogP contribution in [0.25, 0.3) is 0 Å². The van der Waals surface area contributed by atoms with E-state index in [1.54, 1.807) is 52.8 Å². The van der Waals surface area contributed by atoms with E-state index in [2.05, 4.69) is 11.3 Å². The van der Waals surface area contributed by atoms with Crippen LogP contribution in [0.1, 0.15) is 23.2 Å². The second-order valence-electron chi connectivity index (χ2n) is 6.67. The van der Waals surface area contributed by atoms with Crippen molar-refractivity contribution in [1.82, 2.24) is 9.62 Å². The lowest BCUT2D eigenvalue weighted by Crippen LogP contribution is -2.43. The van der Waals surface area contributed by atoms with E-state index >= 15 is 0 Å². The molecule has 1 N–H and O–H groups in total. The predicted octanol–water partition coefficient (Wildman–Crippen LogP) is 3.14. The second-order valence-corrected chi connectivity index (χ2v) is 9.61. The highest BCUT2D eigenvalue weighted by molar-refractivity contribution is 7.91. The van der Waals surface area contributed by atoms with Gasteiger partial charge in [0.2, 0.25) is 10.0 Å². The molecule has 1 saturated heterocycles. The molecule has 0 spiro atoms. The fourth-order valence-electron chi connectivity index (χ4n) is 3.19. The van der Waals surface area contributed by atoms with E-state index in [1.807, 2.05) is 0 Å². The third-order valence-electron chi connectivity index (χ3n) is 4.58. The number of hydrogen-bond acceptors (Lipinski definition) is 5. The number of likely N-dealkylation sites (tertiary alicyclic amines) is 1. The number of hydrogen-bond donors (Lipinski definition) is 1. The van der Waals surface area contributed by atoms with Gasteiger partial charge in [-0.25, -0.2) is 13.1 Å². The number of carbonyl (C=O) groups excluding carboxylic acids is 1. The van der Waals surface area contributed by atoms with E-state index in [0.717, 1.165) is 12.8 Å². The summed E-state index contributed by atoms with van der Waals surface area (Å²) in [6.45, 7) is 5.53. The molecule has 1 aliphatic rings. The van der Waals surface area contributed by atoms with Crippen molar-refractivity contribution < 1.29 is 17.9 Å². The van der Waals surface area contributed by atoms with Gasteiger partial charge in [-0.15, -0.1) is 11.3 Å². The molecule has 1 fully saturated rings. The van der Waals surface area contributed by atoms with Crippen molar-refractivity contribution in [3.05, 3.63) is 60.0 Å². The standard InChI is InChI=1S/C20H24N2O4S2/c1-2-11-26-18-8-3-7-17(13-18)20(23)22-10-4-6-16(15-22)14-21-28(24,25)19-9-5-12-27-19/h2-3,5,7-9,12-13,16,21H,1,4,6,10-11,14-15H2/t16-/m0/s1. The Labute approximate surface area is 169 Å². The van der Waals surface area contributed by atoms with E-state index in [-0.39, 0.29) is 11.8 Å². The molecule has 1 aliphatic heterocycles. The summed E-state index contributed by atoms with van der Waals surface area (Å²) in [5, 5.41) is 1.74. The average Bonchev–Trinajstić information content (AvgIpc) is 3.27. The van der Waals surface area contributed by atoms with Crippen LogP contribution in [0.3, 0.4) is 0 Å². The zero-order valence-corrected chi connectivity index (χ0v) is 17.2. The third kappa shape index (κ3) is 5.21. The Bertz CT molecular complexity index is 910. The molecule has 1 amide bonds. The Morgan fingerprint density at radius 3 is 2.96 bits per heavy atom. The molecule has 0 unspecified atom stereocenters. The van der Waals surface area contributed by atoms with Gasteiger partial charge in [0.1, 0.15) is 16.6 Å². The van der Waals surface area contributed by atoms with Crippen LogP contribution in [-0.2, 0) is 10.0 Å². The first-order valence-corrected chi connectivity index (χ1v) is 11.5. The Kier molecular flexibility index (Phi) is 6.88. The van der Waals surface area contributed by atoms with Crippen molar-refractivity contribution in [3.63, 3.8) is 0 Å². The van der Waals surface area contributed by atoms with E-state index in [1.165, 1.54) is 11.3 Å². The molecule has 150 valence electrons. The van der Waals surface area contributed by atoms with E-state index in [9.17, 15) is 13.2 Å². The van der Waals surface area contributed by atoms with Crippen molar-refractivity contribution in [3.8, 4) is 5.75 Å². The van der Waals surface area contributed by atoms with Crippen molar-refractivity contribution >= 4 is 27.3 Å². The van der Waals surface area contributed by atoms with E-state index in [4.69, 9.17) is 4.74 Å². The summed E-state index contributed by atoms with van der Waals surface area (Å²) in [7, 11) is -3.48. The van der Waals surface area contributed by atoms with Crippen molar-refractivity contribution in [2.45, 2.75) is 17.1 Å². The van der Waals surface area contributed by atoms with Gasteiger partial charge in [0.25, 0.3) is 5.91 Å². The molecule has 3 rings (SSSR count). The highest BCUT2D eigenvalue weighted by atomic mass is 32.2. The minimum Gasteiger partial charge on any atom is -0.490 e. The van der Waals surface area contributed by atoms with Gasteiger partial charge < -0.3 is 9.64 Å². The molecule has 8 heteroatoms. The maximum Gasteiger partial charge on any atom is 0.253 e. The van der Waals surface area contributed by atoms with Gasteiger partial charge in [-0.2, -0.15) is 0 Å². The monoisotopic (exact) mass is 420 g/mol. The molecular weight excluding hydrogens is 396 g/mol. The largest absolute Gasteiger partial charge is 0.490 e. The normalized spacial score (nSPS) is 17.3. The molecule has 0 bridgehead atoms. The maximum atomic E-state index is 12.9. The summed E-state index contributed by atoms with van der Waals surface area (Å²) in [4.78, 5) is 14.7. The number of nitrogens with one attached hydrogen (secondary N) is 1. The summed E-state index contributed by atoms with van der Waals surface area (Å²) in [6, 6.07) is 10.4. The zero-order valence-electron chi connectivity index (χ0n) is 15.5.